The topological polar surface area (TPSA) is 72.1 Å². The lowest BCUT2D eigenvalue weighted by Gasteiger charge is -2.12. The van der Waals surface area contributed by atoms with Crippen LogP contribution in [-0.4, -0.2) is 44.9 Å². The third kappa shape index (κ3) is 6.55. The maximum Gasteiger partial charge on any atom is 0.191 e. The van der Waals surface area contributed by atoms with Crippen molar-refractivity contribution in [3.05, 3.63) is 102 Å². The van der Waals surface area contributed by atoms with Gasteiger partial charge in [0.2, 0.25) is 0 Å². The minimum absolute atomic E-state index is 0.680. The van der Waals surface area contributed by atoms with E-state index in [0.29, 0.717) is 6.54 Å². The number of hydrogen-bond acceptors (Lipinski definition) is 3. The maximum absolute atomic E-state index is 4.75. The Morgan fingerprint density at radius 1 is 0.879 bits per heavy atom. The van der Waals surface area contributed by atoms with E-state index in [4.69, 9.17) is 4.99 Å². The third-order valence-electron chi connectivity index (χ3n) is 5.36. The molecule has 7 nitrogen and oxygen atoms in total. The van der Waals surface area contributed by atoms with Crippen LogP contribution in [0.25, 0.3) is 5.69 Å². The Hall–Kier alpha value is -3.87. The molecule has 0 saturated carbocycles. The second-order valence-electron chi connectivity index (χ2n) is 7.76. The molecule has 0 fully saturated rings. The molecule has 0 radical (unpaired) electrons. The lowest BCUT2D eigenvalue weighted by Crippen LogP contribution is -2.38. The van der Waals surface area contributed by atoms with Crippen molar-refractivity contribution in [3.63, 3.8) is 0 Å². The highest BCUT2D eigenvalue weighted by atomic mass is 15.3. The molecule has 2 aromatic carbocycles. The Morgan fingerprint density at radius 2 is 1.73 bits per heavy atom. The molecule has 170 valence electrons. The number of rotatable bonds is 10. The molecule has 0 saturated heterocycles. The summed E-state index contributed by atoms with van der Waals surface area (Å²) in [5.74, 6) is 1.89. The largest absolute Gasteiger partial charge is 0.357 e. The van der Waals surface area contributed by atoms with Gasteiger partial charge in [-0.25, -0.2) is 9.67 Å². The zero-order chi connectivity index (χ0) is 22.7. The zero-order valence-electron chi connectivity index (χ0n) is 19.1. The maximum atomic E-state index is 4.75. The van der Waals surface area contributed by atoms with Gasteiger partial charge in [0.05, 0.1) is 5.69 Å². The lowest BCUT2D eigenvalue weighted by atomic mass is 10.1. The minimum atomic E-state index is 0.680. The van der Waals surface area contributed by atoms with E-state index in [9.17, 15) is 0 Å². The summed E-state index contributed by atoms with van der Waals surface area (Å²) in [5, 5.41) is 11.0. The molecule has 0 spiro atoms. The van der Waals surface area contributed by atoms with Gasteiger partial charge >= 0.3 is 0 Å². The van der Waals surface area contributed by atoms with Gasteiger partial charge in [-0.2, -0.15) is 5.10 Å². The molecule has 2 N–H and O–H groups in total. The van der Waals surface area contributed by atoms with Crippen molar-refractivity contribution in [2.24, 2.45) is 4.99 Å². The number of benzene rings is 2. The van der Waals surface area contributed by atoms with Gasteiger partial charge in [0.15, 0.2) is 5.96 Å². The summed E-state index contributed by atoms with van der Waals surface area (Å²) in [5.41, 5.74) is 3.61. The second kappa shape index (κ2) is 11.7. The second-order valence-corrected chi connectivity index (χ2v) is 7.76. The van der Waals surface area contributed by atoms with Crippen molar-refractivity contribution in [1.82, 2.24) is 30.0 Å². The van der Waals surface area contributed by atoms with Gasteiger partial charge in [0.25, 0.3) is 0 Å². The van der Waals surface area contributed by atoms with Crippen LogP contribution in [0.3, 0.4) is 0 Å². The Labute approximate surface area is 195 Å². The predicted octanol–water partition coefficient (Wildman–Crippen LogP) is 3.46. The van der Waals surface area contributed by atoms with E-state index in [1.54, 1.807) is 6.20 Å². The smallest absolute Gasteiger partial charge is 0.191 e. The molecular formula is C26H31N7. The number of guanidine groups is 1. The predicted molar refractivity (Wildman–Crippen MR) is 133 cm³/mol. The van der Waals surface area contributed by atoms with E-state index < -0.39 is 0 Å². The van der Waals surface area contributed by atoms with Gasteiger partial charge in [0.1, 0.15) is 5.82 Å². The van der Waals surface area contributed by atoms with Crippen LogP contribution in [-0.2, 0) is 19.4 Å². The fourth-order valence-corrected chi connectivity index (χ4v) is 3.66. The van der Waals surface area contributed by atoms with Crippen LogP contribution < -0.4 is 10.6 Å². The van der Waals surface area contributed by atoms with Gasteiger partial charge < -0.3 is 15.2 Å². The zero-order valence-corrected chi connectivity index (χ0v) is 19.1. The van der Waals surface area contributed by atoms with E-state index in [-0.39, 0.29) is 0 Å². The molecule has 0 aliphatic heterocycles. The summed E-state index contributed by atoms with van der Waals surface area (Å²) in [6.07, 6.45) is 9.35. The molecule has 4 rings (SSSR count). The average Bonchev–Trinajstić information content (AvgIpc) is 3.53. The van der Waals surface area contributed by atoms with Gasteiger partial charge in [-0.15, -0.1) is 0 Å². The SMILES string of the molecule is CCNC(=NCCc1nccn1Cc1ccccc1)NCCc1ccc(-n2cccn2)cc1. The van der Waals surface area contributed by atoms with Crippen LogP contribution in [0.5, 0.6) is 0 Å². The van der Waals surface area contributed by atoms with Crippen molar-refractivity contribution >= 4 is 5.96 Å². The quantitative estimate of drug-likeness (QED) is 0.292. The molecule has 0 amide bonds. The van der Waals surface area contributed by atoms with Gasteiger partial charge in [-0.1, -0.05) is 42.5 Å². The summed E-state index contributed by atoms with van der Waals surface area (Å²) >= 11 is 0. The number of imidazole rings is 1. The fourth-order valence-electron chi connectivity index (χ4n) is 3.66. The molecule has 33 heavy (non-hydrogen) atoms. The highest BCUT2D eigenvalue weighted by molar-refractivity contribution is 5.79. The first kappa shape index (κ1) is 22.3. The molecule has 0 aliphatic rings. The number of aliphatic imine (C=N–C) groups is 1. The van der Waals surface area contributed by atoms with E-state index in [2.05, 4.69) is 80.7 Å². The molecule has 0 unspecified atom stereocenters. The van der Waals surface area contributed by atoms with E-state index in [1.807, 2.05) is 35.4 Å². The first-order chi connectivity index (χ1) is 16.3. The normalized spacial score (nSPS) is 11.5. The van der Waals surface area contributed by atoms with Crippen LogP contribution in [0.15, 0.2) is 90.4 Å². The van der Waals surface area contributed by atoms with E-state index >= 15 is 0 Å². The Kier molecular flexibility index (Phi) is 7.89. The summed E-state index contributed by atoms with van der Waals surface area (Å²) in [6, 6.07) is 20.9. The molecule has 0 aliphatic carbocycles. The summed E-state index contributed by atoms with van der Waals surface area (Å²) in [7, 11) is 0. The minimum Gasteiger partial charge on any atom is -0.357 e. The van der Waals surface area contributed by atoms with Crippen molar-refractivity contribution in [2.45, 2.75) is 26.3 Å². The Morgan fingerprint density at radius 3 is 2.48 bits per heavy atom. The molecule has 2 aromatic heterocycles. The molecule has 7 heteroatoms. The number of hydrogen-bond donors (Lipinski definition) is 2. The molecule has 4 aromatic rings. The van der Waals surface area contributed by atoms with Crippen molar-refractivity contribution in [1.29, 1.82) is 0 Å². The van der Waals surface area contributed by atoms with Gasteiger partial charge in [-0.05, 0) is 42.7 Å². The summed E-state index contributed by atoms with van der Waals surface area (Å²) < 4.78 is 4.06. The molecule has 2 heterocycles. The molecule has 0 atom stereocenters. The van der Waals surface area contributed by atoms with Crippen LogP contribution >= 0.6 is 0 Å². The first-order valence-electron chi connectivity index (χ1n) is 11.5. The summed E-state index contributed by atoms with van der Waals surface area (Å²) in [6.45, 7) is 5.23. The van der Waals surface area contributed by atoms with Crippen molar-refractivity contribution in [3.8, 4) is 5.69 Å². The molecular weight excluding hydrogens is 410 g/mol. The van der Waals surface area contributed by atoms with Gasteiger partial charge in [-0.3, -0.25) is 4.99 Å². The fraction of sp³-hybridized carbons (Fsp3) is 0.269. The highest BCUT2D eigenvalue weighted by Crippen LogP contribution is 2.09. The Bertz CT molecular complexity index is 1110. The Balaban J connectivity index is 1.26. The van der Waals surface area contributed by atoms with E-state index in [0.717, 1.165) is 49.9 Å². The monoisotopic (exact) mass is 441 g/mol. The van der Waals surface area contributed by atoms with Crippen LogP contribution in [0, 0.1) is 0 Å². The highest BCUT2D eigenvalue weighted by Gasteiger charge is 2.04. The number of nitrogens with zero attached hydrogens (tertiary/aromatic N) is 5. The average molecular weight is 442 g/mol. The van der Waals surface area contributed by atoms with Gasteiger partial charge in [0, 0.05) is 57.4 Å². The van der Waals surface area contributed by atoms with E-state index in [1.165, 1.54) is 11.1 Å². The summed E-state index contributed by atoms with van der Waals surface area (Å²) in [4.78, 5) is 9.27. The standard InChI is InChI=1S/C26H31N7/c1-2-27-26(29-16-13-22-9-11-24(12-10-22)33-19-6-15-31-33)30-17-14-25-28-18-20-32(25)21-23-7-4-3-5-8-23/h3-12,15,18-20H,2,13-14,16-17,21H2,1H3,(H2,27,29,30). The number of nitrogens with one attached hydrogen (secondary N) is 2. The number of aromatic nitrogens is 4. The van der Waals surface area contributed by atoms with Crippen molar-refractivity contribution < 1.29 is 0 Å². The third-order valence-corrected chi connectivity index (χ3v) is 5.36. The van der Waals surface area contributed by atoms with Crippen LogP contribution in [0.4, 0.5) is 0 Å². The van der Waals surface area contributed by atoms with Crippen LogP contribution in [0.2, 0.25) is 0 Å². The van der Waals surface area contributed by atoms with Crippen molar-refractivity contribution in [2.75, 3.05) is 19.6 Å². The van der Waals surface area contributed by atoms with Crippen LogP contribution in [0.1, 0.15) is 23.9 Å². The lowest BCUT2D eigenvalue weighted by molar-refractivity contribution is 0.712. The first-order valence-corrected chi connectivity index (χ1v) is 11.5. The molecule has 0 bridgehead atoms.